The number of ether oxygens (including phenoxy) is 4. The van der Waals surface area contributed by atoms with Crippen LogP contribution in [0.25, 0.3) is 0 Å². The molecule has 120 valence electrons. The first-order chi connectivity index (χ1) is 10.7. The van der Waals surface area contributed by atoms with Crippen LogP contribution in [0.5, 0.6) is 0 Å². The first kappa shape index (κ1) is 16.0. The van der Waals surface area contributed by atoms with Gasteiger partial charge in [0, 0.05) is 5.92 Å². The zero-order chi connectivity index (χ0) is 15.5. The summed E-state index contributed by atoms with van der Waals surface area (Å²) < 4.78 is 34.1. The van der Waals surface area contributed by atoms with Gasteiger partial charge < -0.3 is 18.9 Å². The number of benzene rings is 1. The first-order valence-electron chi connectivity index (χ1n) is 7.59. The third-order valence-corrected chi connectivity index (χ3v) is 4.75. The zero-order valence-electron chi connectivity index (χ0n) is 12.8. The van der Waals surface area contributed by atoms with Crippen molar-refractivity contribution in [2.75, 3.05) is 6.61 Å². The summed E-state index contributed by atoms with van der Waals surface area (Å²) in [4.78, 5) is 0. The number of hydrogen-bond acceptors (Lipinski definition) is 5. The largest absolute Gasteiger partial charge is 0.370 e. The van der Waals surface area contributed by atoms with Crippen LogP contribution in [0, 0.1) is 5.92 Å². The van der Waals surface area contributed by atoms with E-state index in [1.165, 1.54) is 0 Å². The van der Waals surface area contributed by atoms with Gasteiger partial charge in [-0.2, -0.15) is 0 Å². The molecule has 22 heavy (non-hydrogen) atoms. The molecule has 0 spiro atoms. The van der Waals surface area contributed by atoms with E-state index in [9.17, 15) is 4.57 Å². The summed E-state index contributed by atoms with van der Waals surface area (Å²) in [5.74, 6) is 0.144. The van der Waals surface area contributed by atoms with Gasteiger partial charge in [0.2, 0.25) is 14.5 Å². The molecule has 0 aliphatic carbocycles. The second-order valence-electron chi connectivity index (χ2n) is 5.85. The maximum absolute atomic E-state index is 11.0. The van der Waals surface area contributed by atoms with Crippen molar-refractivity contribution in [2.24, 2.45) is 5.92 Å². The highest BCUT2D eigenvalue weighted by molar-refractivity contribution is 7.24. The fourth-order valence-electron chi connectivity index (χ4n) is 3.19. The molecular weight excluding hydrogens is 303 g/mol. The van der Waals surface area contributed by atoms with Crippen molar-refractivity contribution in [1.29, 1.82) is 0 Å². The van der Waals surface area contributed by atoms with Crippen molar-refractivity contribution < 1.29 is 23.5 Å². The molecule has 2 heterocycles. The molecule has 3 unspecified atom stereocenters. The molecule has 2 aliphatic heterocycles. The molecule has 2 fully saturated rings. The van der Waals surface area contributed by atoms with Gasteiger partial charge in [0.1, 0.15) is 6.10 Å². The molecular formula is C16H21O5P. The molecule has 1 aromatic rings. The molecule has 2 saturated heterocycles. The van der Waals surface area contributed by atoms with Gasteiger partial charge in [0.25, 0.3) is 0 Å². The van der Waals surface area contributed by atoms with Crippen LogP contribution in [-0.2, 0) is 30.1 Å². The lowest BCUT2D eigenvalue weighted by Crippen LogP contribution is -2.58. The van der Waals surface area contributed by atoms with Gasteiger partial charge in [-0.1, -0.05) is 37.3 Å². The Kier molecular flexibility index (Phi) is 5.21. The van der Waals surface area contributed by atoms with E-state index in [-0.39, 0.29) is 38.8 Å². The highest BCUT2D eigenvalue weighted by atomic mass is 31.1. The summed E-state index contributed by atoms with van der Waals surface area (Å²) in [5.41, 5.74) is 1.13. The van der Waals surface area contributed by atoms with Crippen LogP contribution in [0.15, 0.2) is 30.3 Å². The molecule has 0 radical (unpaired) electrons. The van der Waals surface area contributed by atoms with Crippen molar-refractivity contribution in [3.63, 3.8) is 0 Å². The normalized spacial score (nSPS) is 38.6. The topological polar surface area (TPSA) is 54.0 Å². The van der Waals surface area contributed by atoms with E-state index in [4.69, 9.17) is 18.9 Å². The minimum atomic E-state index is -0.699. The van der Waals surface area contributed by atoms with Crippen molar-refractivity contribution in [3.8, 4) is 0 Å². The average Bonchev–Trinajstić information content (AvgIpc) is 2.55. The molecule has 2 aliphatic rings. The zero-order valence-corrected chi connectivity index (χ0v) is 13.6. The van der Waals surface area contributed by atoms with Crippen LogP contribution in [0.1, 0.15) is 19.4 Å². The highest BCUT2D eigenvalue weighted by Crippen LogP contribution is 2.35. The van der Waals surface area contributed by atoms with Crippen LogP contribution >= 0.6 is 8.46 Å². The quantitative estimate of drug-likeness (QED) is 0.797. The lowest BCUT2D eigenvalue weighted by molar-refractivity contribution is -0.295. The lowest BCUT2D eigenvalue weighted by atomic mass is 9.87. The van der Waals surface area contributed by atoms with E-state index in [1.807, 2.05) is 37.3 Å². The van der Waals surface area contributed by atoms with Gasteiger partial charge in [0.15, 0.2) is 0 Å². The van der Waals surface area contributed by atoms with Crippen LogP contribution in [-0.4, -0.2) is 37.1 Å². The predicted octanol–water partition coefficient (Wildman–Crippen LogP) is 2.99. The SMILES string of the molecule is CC1OC2COC(P=O)O[C@H]2[C@H](C)[C@@H]1OCc1ccccc1. The Labute approximate surface area is 132 Å². The molecule has 1 aromatic carbocycles. The smallest absolute Gasteiger partial charge is 0.240 e. The minimum Gasteiger partial charge on any atom is -0.370 e. The fourth-order valence-corrected chi connectivity index (χ4v) is 3.53. The van der Waals surface area contributed by atoms with Crippen LogP contribution < -0.4 is 0 Å². The molecule has 0 amide bonds. The maximum Gasteiger partial charge on any atom is 0.240 e. The Morgan fingerprint density at radius 3 is 2.73 bits per heavy atom. The second-order valence-corrected chi connectivity index (χ2v) is 6.48. The monoisotopic (exact) mass is 324 g/mol. The fraction of sp³-hybridized carbons (Fsp3) is 0.625. The molecule has 6 atom stereocenters. The van der Waals surface area contributed by atoms with E-state index in [0.717, 1.165) is 5.56 Å². The molecule has 0 bridgehead atoms. The number of hydrogen-bond donors (Lipinski definition) is 0. The van der Waals surface area contributed by atoms with Crippen molar-refractivity contribution in [1.82, 2.24) is 0 Å². The summed E-state index contributed by atoms with van der Waals surface area (Å²) in [6.45, 7) is 5.06. The Morgan fingerprint density at radius 2 is 2.00 bits per heavy atom. The molecule has 5 nitrogen and oxygen atoms in total. The van der Waals surface area contributed by atoms with E-state index in [1.54, 1.807) is 0 Å². The lowest BCUT2D eigenvalue weighted by Gasteiger charge is -2.47. The Balaban J connectivity index is 1.65. The van der Waals surface area contributed by atoms with Gasteiger partial charge in [-0.3, -0.25) is 4.57 Å². The molecule has 0 saturated carbocycles. The average molecular weight is 324 g/mol. The van der Waals surface area contributed by atoms with Gasteiger partial charge in [-0.05, 0) is 12.5 Å². The Bertz CT molecular complexity index is 497. The maximum atomic E-state index is 11.0. The van der Waals surface area contributed by atoms with Crippen molar-refractivity contribution in [2.45, 2.75) is 50.9 Å². The van der Waals surface area contributed by atoms with E-state index >= 15 is 0 Å². The summed E-state index contributed by atoms with van der Waals surface area (Å²) in [5, 5.41) is 0. The molecule has 6 heteroatoms. The Morgan fingerprint density at radius 1 is 1.23 bits per heavy atom. The van der Waals surface area contributed by atoms with Gasteiger partial charge in [0.05, 0.1) is 31.5 Å². The van der Waals surface area contributed by atoms with Crippen molar-refractivity contribution >= 4 is 8.46 Å². The highest BCUT2D eigenvalue weighted by Gasteiger charge is 2.46. The van der Waals surface area contributed by atoms with Crippen LogP contribution in [0.2, 0.25) is 0 Å². The van der Waals surface area contributed by atoms with Crippen LogP contribution in [0.3, 0.4) is 0 Å². The molecule has 0 aromatic heterocycles. The summed E-state index contributed by atoms with van der Waals surface area (Å²) in [6, 6.07) is 9.37. The second kappa shape index (κ2) is 7.16. The van der Waals surface area contributed by atoms with E-state index < -0.39 is 6.03 Å². The van der Waals surface area contributed by atoms with E-state index in [0.29, 0.717) is 13.2 Å². The summed E-state index contributed by atoms with van der Waals surface area (Å²) >= 11 is 0. The van der Waals surface area contributed by atoms with Gasteiger partial charge in [-0.15, -0.1) is 0 Å². The van der Waals surface area contributed by atoms with E-state index in [2.05, 4.69) is 6.92 Å². The third-order valence-electron chi connectivity index (χ3n) is 4.30. The van der Waals surface area contributed by atoms with Gasteiger partial charge >= 0.3 is 0 Å². The van der Waals surface area contributed by atoms with Gasteiger partial charge in [-0.25, -0.2) is 0 Å². The molecule has 3 rings (SSSR count). The third kappa shape index (κ3) is 3.39. The number of fused-ring (bicyclic) bond motifs is 1. The Hall–Kier alpha value is -0.840. The predicted molar refractivity (Wildman–Crippen MR) is 80.7 cm³/mol. The molecule has 0 N–H and O–H groups in total. The summed E-state index contributed by atoms with van der Waals surface area (Å²) in [7, 11) is -0.150. The minimum absolute atomic E-state index is 0.0338. The standard InChI is InChI=1S/C16H21O5P/c1-10-14(18-8-12-6-4-3-5-7-12)11(2)20-13-9-19-16(22-17)21-15(10)13/h3-7,10-11,13-16H,8-9H2,1-2H3/t10-,11?,13?,14+,15+,16?/m1/s1. The first-order valence-corrected chi connectivity index (χ1v) is 8.47. The van der Waals surface area contributed by atoms with Crippen LogP contribution in [0.4, 0.5) is 0 Å². The summed E-state index contributed by atoms with van der Waals surface area (Å²) in [6.07, 6.45) is -0.381. The number of rotatable bonds is 4. The van der Waals surface area contributed by atoms with Crippen molar-refractivity contribution in [3.05, 3.63) is 35.9 Å².